The first-order valence-electron chi connectivity index (χ1n) is 16.3. The van der Waals surface area contributed by atoms with Gasteiger partial charge in [-0.15, -0.1) is 0 Å². The predicted octanol–water partition coefficient (Wildman–Crippen LogP) is 6.57. The summed E-state index contributed by atoms with van der Waals surface area (Å²) in [6, 6.07) is 15.1. The number of carbonyl (C=O) groups is 2. The van der Waals surface area contributed by atoms with E-state index in [4.69, 9.17) is 9.47 Å². The van der Waals surface area contributed by atoms with Crippen molar-refractivity contribution < 1.29 is 32.2 Å². The third-order valence-corrected chi connectivity index (χ3v) is 9.28. The number of imidazole rings is 1. The molecule has 3 N–H and O–H groups in total. The first-order valence-corrected chi connectivity index (χ1v) is 16.3. The lowest BCUT2D eigenvalue weighted by atomic mass is 9.97. The molecule has 1 aromatic heterocycles. The summed E-state index contributed by atoms with van der Waals surface area (Å²) in [7, 11) is 3.11. The van der Waals surface area contributed by atoms with Crippen molar-refractivity contribution in [3.63, 3.8) is 0 Å². The molecule has 0 radical (unpaired) electrons. The summed E-state index contributed by atoms with van der Waals surface area (Å²) in [5.41, 5.74) is 0.659. The van der Waals surface area contributed by atoms with E-state index in [1.807, 2.05) is 6.07 Å². The molecule has 2 fully saturated rings. The van der Waals surface area contributed by atoms with E-state index >= 15 is 0 Å². The highest BCUT2D eigenvalue weighted by atomic mass is 19.4. The number of hydrogen-bond acceptors (Lipinski definition) is 7. The van der Waals surface area contributed by atoms with Crippen LogP contribution in [0.1, 0.15) is 53.5 Å². The zero-order valence-corrected chi connectivity index (χ0v) is 27.8. The van der Waals surface area contributed by atoms with Gasteiger partial charge in [-0.25, -0.2) is 4.98 Å². The van der Waals surface area contributed by atoms with Gasteiger partial charge < -0.3 is 30.0 Å². The highest BCUT2D eigenvalue weighted by Gasteiger charge is 2.39. The number of anilines is 2. The van der Waals surface area contributed by atoms with Gasteiger partial charge in [-0.05, 0) is 78.8 Å². The average Bonchev–Trinajstić information content (AvgIpc) is 3.53. The quantitative estimate of drug-likeness (QED) is 0.161. The first-order chi connectivity index (χ1) is 23.9. The fourth-order valence-electron chi connectivity index (χ4n) is 6.75. The van der Waals surface area contributed by atoms with Crippen molar-refractivity contribution >= 4 is 34.2 Å². The number of nitrogens with one attached hydrogen (secondary N) is 3. The number of halogens is 3. The standard InChI is InChI=1S/C37H37F3N6O4/c1-21-12-27-15-26(16-33(21)50-27)42-11-5-8-35(47)45-30-10-9-23(13-24(30)19-41)36(48)43-25-7-4-6-22(14-25)28-17-31-32(18-29(28)37(38,39)40)46(2)34(44-31)20-49-3/h4-10,13-14,17-18,21,26-27,33,42H,11-12,15-16,20H2,1-3H3,(H,43,48)(H,45,47)/b8-5+. The minimum Gasteiger partial charge on any atom is -0.377 e. The van der Waals surface area contributed by atoms with Crippen molar-refractivity contribution in [2.45, 2.75) is 57.2 Å². The summed E-state index contributed by atoms with van der Waals surface area (Å²) in [5, 5.41) is 18.6. The van der Waals surface area contributed by atoms with Crippen LogP contribution in [0.3, 0.4) is 0 Å². The average molecular weight is 687 g/mol. The zero-order chi connectivity index (χ0) is 35.6. The van der Waals surface area contributed by atoms with Crippen LogP contribution in [0.2, 0.25) is 0 Å². The molecular formula is C37H37F3N6O4. The third kappa shape index (κ3) is 7.57. The molecule has 0 aliphatic carbocycles. The number of benzene rings is 3. The summed E-state index contributed by atoms with van der Waals surface area (Å²) < 4.78 is 55.4. The van der Waals surface area contributed by atoms with E-state index in [0.29, 0.717) is 41.5 Å². The minimum absolute atomic E-state index is 0.0735. The lowest BCUT2D eigenvalue weighted by molar-refractivity contribution is -0.137. The molecule has 4 aromatic rings. The van der Waals surface area contributed by atoms with E-state index in [0.717, 1.165) is 25.3 Å². The Hall–Kier alpha value is -5.03. The molecule has 3 heterocycles. The Morgan fingerprint density at radius 1 is 1.12 bits per heavy atom. The van der Waals surface area contributed by atoms with E-state index in [1.165, 1.54) is 49.6 Å². The van der Waals surface area contributed by atoms with E-state index in [-0.39, 0.29) is 46.3 Å². The molecular weight excluding hydrogens is 649 g/mol. The summed E-state index contributed by atoms with van der Waals surface area (Å²) in [4.78, 5) is 30.2. The fourth-order valence-corrected chi connectivity index (χ4v) is 6.75. The Morgan fingerprint density at radius 2 is 1.94 bits per heavy atom. The van der Waals surface area contributed by atoms with Gasteiger partial charge in [0, 0.05) is 44.1 Å². The SMILES string of the molecule is COCc1nc2cc(-c3cccc(NC(=O)c4ccc(NC(=O)/C=C/CNC5CC6CC(C)C(C5)O6)c(C#N)c4)c3)c(C(F)(F)F)cc2n1C. The van der Waals surface area contributed by atoms with Crippen molar-refractivity contribution in [3.05, 3.63) is 89.3 Å². The molecule has 2 aliphatic heterocycles. The maximum Gasteiger partial charge on any atom is 0.417 e. The van der Waals surface area contributed by atoms with E-state index in [1.54, 1.807) is 29.8 Å². The van der Waals surface area contributed by atoms with Gasteiger partial charge in [0.2, 0.25) is 5.91 Å². The van der Waals surface area contributed by atoms with Crippen LogP contribution in [0.25, 0.3) is 22.2 Å². The van der Waals surface area contributed by atoms with Crippen LogP contribution >= 0.6 is 0 Å². The van der Waals surface area contributed by atoms with Gasteiger partial charge in [0.15, 0.2) is 0 Å². The summed E-state index contributed by atoms with van der Waals surface area (Å²) in [6.45, 7) is 2.87. The number of ether oxygens (including phenoxy) is 2. The predicted molar refractivity (Wildman–Crippen MR) is 182 cm³/mol. The molecule has 0 spiro atoms. The van der Waals surface area contributed by atoms with Crippen LogP contribution in [0.4, 0.5) is 24.5 Å². The fraction of sp³-hybridized carbons (Fsp3) is 0.351. The zero-order valence-electron chi connectivity index (χ0n) is 27.8. The smallest absolute Gasteiger partial charge is 0.377 e. The van der Waals surface area contributed by atoms with Crippen molar-refractivity contribution in [2.24, 2.45) is 13.0 Å². The molecule has 260 valence electrons. The van der Waals surface area contributed by atoms with E-state index < -0.39 is 23.6 Å². The highest BCUT2D eigenvalue weighted by Crippen LogP contribution is 2.40. The number of nitrogens with zero attached hydrogens (tertiary/aromatic N) is 3. The Bertz CT molecular complexity index is 2000. The minimum atomic E-state index is -4.66. The van der Waals surface area contributed by atoms with Crippen molar-refractivity contribution in [1.82, 2.24) is 14.9 Å². The summed E-state index contributed by atoms with van der Waals surface area (Å²) >= 11 is 0. The Morgan fingerprint density at radius 3 is 2.68 bits per heavy atom. The number of hydrogen-bond donors (Lipinski definition) is 3. The van der Waals surface area contributed by atoms with Crippen LogP contribution in [-0.2, 0) is 34.1 Å². The van der Waals surface area contributed by atoms with Gasteiger partial charge in [0.05, 0.1) is 40.1 Å². The molecule has 6 rings (SSSR count). The number of amides is 2. The van der Waals surface area contributed by atoms with Gasteiger partial charge in [-0.1, -0.05) is 25.1 Å². The number of alkyl halides is 3. The second kappa shape index (κ2) is 14.4. The Kier molecular flexibility index (Phi) is 10.1. The van der Waals surface area contributed by atoms with Crippen molar-refractivity contribution in [3.8, 4) is 17.2 Å². The van der Waals surface area contributed by atoms with Crippen molar-refractivity contribution in [1.29, 1.82) is 5.26 Å². The molecule has 4 atom stereocenters. The number of nitriles is 1. The van der Waals surface area contributed by atoms with Gasteiger partial charge >= 0.3 is 6.18 Å². The van der Waals surface area contributed by atoms with Crippen LogP contribution in [-0.4, -0.2) is 53.3 Å². The molecule has 50 heavy (non-hydrogen) atoms. The molecule has 0 saturated carbocycles. The summed E-state index contributed by atoms with van der Waals surface area (Å²) in [5.74, 6) is 0.0390. The van der Waals surface area contributed by atoms with Gasteiger partial charge in [-0.2, -0.15) is 18.4 Å². The second-order valence-electron chi connectivity index (χ2n) is 12.8. The second-order valence-corrected chi connectivity index (χ2v) is 12.8. The lowest BCUT2D eigenvalue weighted by Crippen LogP contribution is -2.39. The summed E-state index contributed by atoms with van der Waals surface area (Å²) in [6.07, 6.45) is 2.03. The third-order valence-electron chi connectivity index (χ3n) is 9.28. The Labute approximate surface area is 287 Å². The maximum absolute atomic E-state index is 14.3. The molecule has 2 saturated heterocycles. The Balaban J connectivity index is 1.12. The van der Waals surface area contributed by atoms with E-state index in [9.17, 15) is 28.0 Å². The highest BCUT2D eigenvalue weighted by molar-refractivity contribution is 6.06. The molecule has 2 bridgehead atoms. The largest absolute Gasteiger partial charge is 0.417 e. The van der Waals surface area contributed by atoms with Gasteiger partial charge in [0.25, 0.3) is 5.91 Å². The van der Waals surface area contributed by atoms with Crippen LogP contribution in [0, 0.1) is 17.2 Å². The molecule has 10 nitrogen and oxygen atoms in total. The first kappa shape index (κ1) is 34.8. The van der Waals surface area contributed by atoms with Gasteiger partial charge in [0.1, 0.15) is 18.5 Å². The van der Waals surface area contributed by atoms with E-state index in [2.05, 4.69) is 27.9 Å². The normalized spacial score (nSPS) is 20.3. The molecule has 2 amide bonds. The molecule has 3 aromatic carbocycles. The molecule has 4 unspecified atom stereocenters. The number of aromatic nitrogens is 2. The van der Waals surface area contributed by atoms with Gasteiger partial charge in [-0.3, -0.25) is 9.59 Å². The number of carbonyl (C=O) groups excluding carboxylic acids is 2. The lowest BCUT2D eigenvalue weighted by Gasteiger charge is -2.29. The van der Waals surface area contributed by atoms with Crippen LogP contribution in [0.5, 0.6) is 0 Å². The van der Waals surface area contributed by atoms with Crippen LogP contribution < -0.4 is 16.0 Å². The number of rotatable bonds is 10. The number of methoxy groups -OCH3 is 1. The molecule has 13 heteroatoms. The molecule has 2 aliphatic rings. The number of aryl methyl sites for hydroxylation is 1. The van der Waals surface area contributed by atoms with Crippen molar-refractivity contribution in [2.75, 3.05) is 24.3 Å². The number of fused-ring (bicyclic) bond motifs is 3. The monoisotopic (exact) mass is 686 g/mol. The topological polar surface area (TPSA) is 130 Å². The van der Waals surface area contributed by atoms with Crippen LogP contribution in [0.15, 0.2) is 66.7 Å². The maximum atomic E-state index is 14.3.